The summed E-state index contributed by atoms with van der Waals surface area (Å²) in [5.74, 6) is 0. The minimum atomic E-state index is 0.614. The van der Waals surface area contributed by atoms with Crippen molar-refractivity contribution in [3.63, 3.8) is 0 Å². The molecule has 0 bridgehead atoms. The molecule has 0 aliphatic rings. The van der Waals surface area contributed by atoms with E-state index in [1.54, 1.807) is 23.1 Å². The zero-order valence-electron chi connectivity index (χ0n) is 9.31. The van der Waals surface area contributed by atoms with E-state index in [-0.39, 0.29) is 0 Å². The molecule has 0 saturated heterocycles. The molecule has 0 fully saturated rings. The molecular formula is C11H12ClN3S2. The first-order chi connectivity index (χ1) is 8.19. The first kappa shape index (κ1) is 12.8. The van der Waals surface area contributed by atoms with E-state index in [1.165, 1.54) is 0 Å². The van der Waals surface area contributed by atoms with Gasteiger partial charge in [0, 0.05) is 9.92 Å². The summed E-state index contributed by atoms with van der Waals surface area (Å²) in [4.78, 5) is 1.15. The van der Waals surface area contributed by atoms with Gasteiger partial charge in [0.2, 0.25) is 0 Å². The van der Waals surface area contributed by atoms with Gasteiger partial charge in [0.1, 0.15) is 5.01 Å². The summed E-state index contributed by atoms with van der Waals surface area (Å²) in [7, 11) is 0. The van der Waals surface area contributed by atoms with Crippen LogP contribution in [0.2, 0.25) is 5.02 Å². The van der Waals surface area contributed by atoms with Crippen LogP contribution in [-0.2, 0) is 6.42 Å². The molecule has 3 nitrogen and oxygen atoms in total. The maximum atomic E-state index is 5.98. The number of aryl methyl sites for hydroxylation is 1. The van der Waals surface area contributed by atoms with Crippen LogP contribution in [0.1, 0.15) is 10.6 Å². The van der Waals surface area contributed by atoms with Crippen LogP contribution in [-0.4, -0.2) is 16.7 Å². The zero-order chi connectivity index (χ0) is 12.3. The Bertz CT molecular complexity index is 513. The lowest BCUT2D eigenvalue weighted by Crippen LogP contribution is -2.03. The van der Waals surface area contributed by atoms with E-state index >= 15 is 0 Å². The van der Waals surface area contributed by atoms with Crippen molar-refractivity contribution in [2.75, 3.05) is 6.54 Å². The minimum Gasteiger partial charge on any atom is -0.330 e. The van der Waals surface area contributed by atoms with Gasteiger partial charge in [-0.2, -0.15) is 0 Å². The Morgan fingerprint density at radius 2 is 2.24 bits per heavy atom. The second kappa shape index (κ2) is 5.82. The topological polar surface area (TPSA) is 51.8 Å². The third-order valence-electron chi connectivity index (χ3n) is 2.14. The van der Waals surface area contributed by atoms with Gasteiger partial charge in [0.15, 0.2) is 4.34 Å². The van der Waals surface area contributed by atoms with Gasteiger partial charge < -0.3 is 5.73 Å². The van der Waals surface area contributed by atoms with Crippen molar-refractivity contribution in [1.29, 1.82) is 0 Å². The van der Waals surface area contributed by atoms with Crippen molar-refractivity contribution in [3.8, 4) is 0 Å². The number of halogens is 1. The highest BCUT2D eigenvalue weighted by Crippen LogP contribution is 2.33. The molecule has 2 aromatic rings. The highest BCUT2D eigenvalue weighted by molar-refractivity contribution is 8.01. The second-order valence-electron chi connectivity index (χ2n) is 3.48. The number of rotatable bonds is 4. The lowest BCUT2D eigenvalue weighted by atomic mass is 10.1. The summed E-state index contributed by atoms with van der Waals surface area (Å²) in [5.41, 5.74) is 6.76. The summed E-state index contributed by atoms with van der Waals surface area (Å²) >= 11 is 9.19. The fraction of sp³-hybridized carbons (Fsp3) is 0.273. The van der Waals surface area contributed by atoms with Gasteiger partial charge in [0.05, 0.1) is 0 Å². The molecule has 0 aliphatic heterocycles. The van der Waals surface area contributed by atoms with Gasteiger partial charge in [0.25, 0.3) is 0 Å². The van der Waals surface area contributed by atoms with Gasteiger partial charge in [-0.3, -0.25) is 0 Å². The van der Waals surface area contributed by atoms with Gasteiger partial charge in [-0.25, -0.2) is 0 Å². The Morgan fingerprint density at radius 1 is 1.41 bits per heavy atom. The van der Waals surface area contributed by atoms with Gasteiger partial charge in [-0.05, 0) is 43.7 Å². The maximum absolute atomic E-state index is 5.98. The number of benzene rings is 1. The zero-order valence-corrected chi connectivity index (χ0v) is 11.7. The Kier molecular flexibility index (Phi) is 4.39. The molecule has 0 aliphatic carbocycles. The molecule has 0 amide bonds. The van der Waals surface area contributed by atoms with E-state index in [9.17, 15) is 0 Å². The van der Waals surface area contributed by atoms with Gasteiger partial charge in [-0.1, -0.05) is 34.7 Å². The van der Waals surface area contributed by atoms with Crippen LogP contribution < -0.4 is 5.73 Å². The highest BCUT2D eigenvalue weighted by atomic mass is 35.5. The normalized spacial score (nSPS) is 10.8. The minimum absolute atomic E-state index is 0.614. The van der Waals surface area contributed by atoms with Gasteiger partial charge in [-0.15, -0.1) is 10.2 Å². The van der Waals surface area contributed by atoms with Crippen LogP contribution in [0, 0.1) is 6.92 Å². The first-order valence-electron chi connectivity index (χ1n) is 5.15. The number of nitrogens with zero attached hydrogens (tertiary/aromatic N) is 2. The summed E-state index contributed by atoms with van der Waals surface area (Å²) in [6, 6.07) is 5.86. The smallest absolute Gasteiger partial charge is 0.179 e. The van der Waals surface area contributed by atoms with Crippen LogP contribution >= 0.6 is 34.7 Å². The lowest BCUT2D eigenvalue weighted by Gasteiger charge is -2.06. The maximum Gasteiger partial charge on any atom is 0.179 e. The lowest BCUT2D eigenvalue weighted by molar-refractivity contribution is 0.942. The van der Waals surface area contributed by atoms with Crippen LogP contribution in [0.4, 0.5) is 0 Å². The van der Waals surface area contributed by atoms with E-state index in [0.29, 0.717) is 6.54 Å². The number of nitrogens with two attached hydrogens (primary N) is 1. The van der Waals surface area contributed by atoms with Gasteiger partial charge >= 0.3 is 0 Å². The van der Waals surface area contributed by atoms with Crippen LogP contribution in [0.5, 0.6) is 0 Å². The molecule has 1 aromatic heterocycles. The Labute approximate surface area is 113 Å². The van der Waals surface area contributed by atoms with E-state index in [4.69, 9.17) is 17.3 Å². The van der Waals surface area contributed by atoms with Crippen molar-refractivity contribution in [3.05, 3.63) is 33.8 Å². The van der Waals surface area contributed by atoms with Crippen LogP contribution in [0.15, 0.2) is 27.4 Å². The Hall–Kier alpha value is -0.620. The van der Waals surface area contributed by atoms with Crippen molar-refractivity contribution in [1.82, 2.24) is 10.2 Å². The molecule has 0 saturated carbocycles. The molecule has 17 heavy (non-hydrogen) atoms. The van der Waals surface area contributed by atoms with E-state index in [2.05, 4.69) is 10.2 Å². The first-order valence-corrected chi connectivity index (χ1v) is 7.16. The highest BCUT2D eigenvalue weighted by Gasteiger charge is 2.08. The molecule has 2 N–H and O–H groups in total. The van der Waals surface area contributed by atoms with Crippen molar-refractivity contribution >= 4 is 34.7 Å². The van der Waals surface area contributed by atoms with Crippen molar-refractivity contribution in [2.24, 2.45) is 5.73 Å². The Balaban J connectivity index is 2.25. The number of hydrogen-bond acceptors (Lipinski definition) is 5. The predicted molar refractivity (Wildman–Crippen MR) is 73.0 cm³/mol. The molecule has 90 valence electrons. The average molecular weight is 286 g/mol. The largest absolute Gasteiger partial charge is 0.330 e. The molecule has 0 unspecified atom stereocenters. The number of hydrogen-bond donors (Lipinski definition) is 1. The molecule has 6 heteroatoms. The standard InChI is InChI=1S/C11H12ClN3S2/c1-7-14-15-11(16-7)17-10-3-2-9(12)6-8(10)4-5-13/h2-3,6H,4-5,13H2,1H3. The molecule has 1 heterocycles. The predicted octanol–water partition coefficient (Wildman–Crippen LogP) is 3.15. The van der Waals surface area contributed by atoms with E-state index in [1.807, 2.05) is 25.1 Å². The molecule has 0 radical (unpaired) electrons. The molecule has 2 rings (SSSR count). The van der Waals surface area contributed by atoms with Crippen molar-refractivity contribution < 1.29 is 0 Å². The molecule has 0 atom stereocenters. The average Bonchev–Trinajstić information content (AvgIpc) is 2.69. The summed E-state index contributed by atoms with van der Waals surface area (Å²) in [6.45, 7) is 2.56. The monoisotopic (exact) mass is 285 g/mol. The molecule has 1 aromatic carbocycles. The fourth-order valence-corrected chi connectivity index (χ4v) is 3.52. The number of aromatic nitrogens is 2. The molecular weight excluding hydrogens is 274 g/mol. The third kappa shape index (κ3) is 3.42. The summed E-state index contributed by atoms with van der Waals surface area (Å²) in [5, 5.41) is 9.82. The summed E-state index contributed by atoms with van der Waals surface area (Å²) in [6.07, 6.45) is 0.820. The van der Waals surface area contributed by atoms with Crippen molar-refractivity contribution in [2.45, 2.75) is 22.6 Å². The quantitative estimate of drug-likeness (QED) is 0.937. The van der Waals surface area contributed by atoms with Crippen LogP contribution in [0.25, 0.3) is 0 Å². The third-order valence-corrected chi connectivity index (χ3v) is 4.38. The second-order valence-corrected chi connectivity index (χ2v) is 6.39. The van der Waals surface area contributed by atoms with Crippen LogP contribution in [0.3, 0.4) is 0 Å². The molecule has 0 spiro atoms. The Morgan fingerprint density at radius 3 is 2.88 bits per heavy atom. The summed E-state index contributed by atoms with van der Waals surface area (Å²) < 4.78 is 0.947. The fourth-order valence-electron chi connectivity index (χ4n) is 1.41. The SMILES string of the molecule is Cc1nnc(Sc2ccc(Cl)cc2CCN)s1. The van der Waals surface area contributed by atoms with E-state index in [0.717, 1.165) is 31.2 Å². The van der Waals surface area contributed by atoms with E-state index < -0.39 is 0 Å².